The van der Waals surface area contributed by atoms with Crippen LogP contribution in [0.5, 0.6) is 0 Å². The molecular formula is C24H23ClF2N4O2. The summed E-state index contributed by atoms with van der Waals surface area (Å²) in [6, 6.07) is 8.86. The second-order valence-electron chi connectivity index (χ2n) is 8.79. The van der Waals surface area contributed by atoms with Gasteiger partial charge in [0.25, 0.3) is 11.8 Å². The van der Waals surface area contributed by atoms with E-state index in [4.69, 9.17) is 11.6 Å². The molecule has 1 N–H and O–H groups in total. The molecule has 5 rings (SSSR count). The molecule has 2 aromatic heterocycles. The van der Waals surface area contributed by atoms with Gasteiger partial charge < -0.3 is 14.8 Å². The number of rotatable bonds is 4. The number of carbonyl (C=O) groups excluding carboxylic acids is 2. The number of benzene rings is 1. The molecule has 6 nitrogen and oxygen atoms in total. The number of nitrogens with zero attached hydrogens (tertiary/aromatic N) is 3. The first-order valence-corrected chi connectivity index (χ1v) is 11.4. The van der Waals surface area contributed by atoms with Crippen LogP contribution in [0.15, 0.2) is 42.7 Å². The maximum Gasteiger partial charge on any atom is 0.255 e. The molecule has 1 saturated carbocycles. The van der Waals surface area contributed by atoms with Crippen molar-refractivity contribution in [1.82, 2.24) is 14.5 Å². The zero-order valence-corrected chi connectivity index (χ0v) is 18.6. The summed E-state index contributed by atoms with van der Waals surface area (Å²) >= 11 is 6.31. The molecule has 2 amide bonds. The number of alkyl halides is 2. The largest absolute Gasteiger partial charge is 0.338 e. The molecule has 3 aromatic rings. The van der Waals surface area contributed by atoms with Crippen molar-refractivity contribution in [2.45, 2.75) is 38.0 Å². The van der Waals surface area contributed by atoms with Gasteiger partial charge in [-0.1, -0.05) is 18.0 Å². The molecular weight excluding hydrogens is 450 g/mol. The molecule has 0 spiro atoms. The molecule has 0 bridgehead atoms. The second kappa shape index (κ2) is 8.41. The summed E-state index contributed by atoms with van der Waals surface area (Å²) in [5.41, 5.74) is 2.33. The molecule has 2 fully saturated rings. The number of nitrogens with one attached hydrogen (secondary N) is 1. The van der Waals surface area contributed by atoms with E-state index >= 15 is 0 Å². The lowest BCUT2D eigenvalue weighted by Crippen LogP contribution is -2.42. The summed E-state index contributed by atoms with van der Waals surface area (Å²) < 4.78 is 28.7. The first-order chi connectivity index (χ1) is 15.8. The highest BCUT2D eigenvalue weighted by atomic mass is 35.5. The third kappa shape index (κ3) is 4.44. The van der Waals surface area contributed by atoms with Crippen LogP contribution in [0.4, 0.5) is 14.5 Å². The Hall–Kier alpha value is -3.00. The van der Waals surface area contributed by atoms with Gasteiger partial charge in [0.2, 0.25) is 5.91 Å². The van der Waals surface area contributed by atoms with Crippen LogP contribution in [0.2, 0.25) is 5.02 Å². The Morgan fingerprint density at radius 2 is 1.88 bits per heavy atom. The number of aromatic nitrogens is 2. The monoisotopic (exact) mass is 472 g/mol. The topological polar surface area (TPSA) is 67.2 Å². The van der Waals surface area contributed by atoms with E-state index in [1.54, 1.807) is 18.2 Å². The van der Waals surface area contributed by atoms with E-state index in [-0.39, 0.29) is 43.7 Å². The van der Waals surface area contributed by atoms with Crippen LogP contribution in [0, 0.1) is 5.92 Å². The molecule has 0 radical (unpaired) electrons. The zero-order valence-electron chi connectivity index (χ0n) is 17.9. The molecule has 1 aliphatic heterocycles. The summed E-state index contributed by atoms with van der Waals surface area (Å²) in [7, 11) is 0. The Kier molecular flexibility index (Phi) is 5.56. The number of fused-ring (bicyclic) bond motifs is 1. The maximum absolute atomic E-state index is 13.4. The number of anilines is 1. The minimum Gasteiger partial charge on any atom is -0.338 e. The van der Waals surface area contributed by atoms with E-state index in [0.717, 1.165) is 30.3 Å². The van der Waals surface area contributed by atoms with Crippen LogP contribution in [-0.4, -0.2) is 45.3 Å². The average molecular weight is 473 g/mol. The van der Waals surface area contributed by atoms with Crippen LogP contribution in [-0.2, 0) is 4.79 Å². The van der Waals surface area contributed by atoms with Crippen molar-refractivity contribution in [3.63, 3.8) is 0 Å². The predicted molar refractivity (Wildman–Crippen MR) is 122 cm³/mol. The van der Waals surface area contributed by atoms with E-state index in [2.05, 4.69) is 10.3 Å². The number of likely N-dealkylation sites (tertiary alicyclic amines) is 1. The second-order valence-corrected chi connectivity index (χ2v) is 9.22. The van der Waals surface area contributed by atoms with Gasteiger partial charge in [0.05, 0.1) is 11.3 Å². The van der Waals surface area contributed by atoms with E-state index < -0.39 is 5.92 Å². The highest BCUT2D eigenvalue weighted by Gasteiger charge is 2.36. The highest BCUT2D eigenvalue weighted by Crippen LogP contribution is 2.31. The lowest BCUT2D eigenvalue weighted by Gasteiger charge is -2.31. The van der Waals surface area contributed by atoms with Crippen molar-refractivity contribution in [3.05, 3.63) is 53.3 Å². The third-order valence-corrected chi connectivity index (χ3v) is 6.68. The van der Waals surface area contributed by atoms with Crippen molar-refractivity contribution < 1.29 is 18.4 Å². The molecule has 2 aliphatic rings. The number of halogens is 3. The maximum atomic E-state index is 13.4. The molecule has 0 unspecified atom stereocenters. The number of carbonyl (C=O) groups is 2. The lowest BCUT2D eigenvalue weighted by atomic mass is 9.85. The van der Waals surface area contributed by atoms with Crippen molar-refractivity contribution in [3.8, 4) is 5.69 Å². The van der Waals surface area contributed by atoms with Crippen LogP contribution < -0.4 is 5.32 Å². The van der Waals surface area contributed by atoms with E-state index in [1.807, 2.05) is 22.9 Å². The Labute approximate surface area is 194 Å². The normalized spacial score (nSPS) is 18.2. The van der Waals surface area contributed by atoms with Gasteiger partial charge >= 0.3 is 0 Å². The fraction of sp³-hybridized carbons (Fsp3) is 0.375. The van der Waals surface area contributed by atoms with Gasteiger partial charge in [0, 0.05) is 60.3 Å². The molecule has 1 saturated heterocycles. The van der Waals surface area contributed by atoms with Crippen molar-refractivity contribution >= 4 is 40.1 Å². The van der Waals surface area contributed by atoms with Gasteiger partial charge in [-0.25, -0.2) is 13.8 Å². The fourth-order valence-electron chi connectivity index (χ4n) is 4.27. The van der Waals surface area contributed by atoms with E-state index in [9.17, 15) is 18.4 Å². The lowest BCUT2D eigenvalue weighted by molar-refractivity contribution is -0.122. The predicted octanol–water partition coefficient (Wildman–Crippen LogP) is 5.29. The van der Waals surface area contributed by atoms with Gasteiger partial charge in [0.15, 0.2) is 0 Å². The average Bonchev–Trinajstić information content (AvgIpc) is 3.15. The molecule has 33 heavy (non-hydrogen) atoms. The van der Waals surface area contributed by atoms with Crippen LogP contribution in [0.25, 0.3) is 16.7 Å². The van der Waals surface area contributed by atoms with Gasteiger partial charge in [-0.3, -0.25) is 9.59 Å². The summed E-state index contributed by atoms with van der Waals surface area (Å²) in [6.45, 7) is 0.0610. The van der Waals surface area contributed by atoms with Crippen LogP contribution in [0.1, 0.15) is 42.5 Å². The Morgan fingerprint density at radius 1 is 1.12 bits per heavy atom. The molecule has 1 aromatic carbocycles. The number of pyridine rings is 1. The molecule has 0 atom stereocenters. The SMILES string of the molecule is O=C(Nc1cc(Cl)cc(-n2ccc3cc(C(=O)N4CCC(F)(F)CC4)cnc32)c1)C1CCC1. The van der Waals surface area contributed by atoms with E-state index in [1.165, 1.54) is 11.1 Å². The smallest absolute Gasteiger partial charge is 0.255 e. The number of piperidine rings is 1. The van der Waals surface area contributed by atoms with Crippen molar-refractivity contribution in [1.29, 1.82) is 0 Å². The Balaban J connectivity index is 1.39. The van der Waals surface area contributed by atoms with Crippen LogP contribution in [0.3, 0.4) is 0 Å². The van der Waals surface area contributed by atoms with Gasteiger partial charge in [0.1, 0.15) is 5.65 Å². The number of amides is 2. The summed E-state index contributed by atoms with van der Waals surface area (Å²) in [5.74, 6) is -2.94. The van der Waals surface area contributed by atoms with Crippen LogP contribution >= 0.6 is 11.6 Å². The summed E-state index contributed by atoms with van der Waals surface area (Å²) in [6.07, 6.45) is 5.54. The first kappa shape index (κ1) is 21.8. The number of hydrogen-bond acceptors (Lipinski definition) is 3. The minimum absolute atomic E-state index is 0.00332. The zero-order chi connectivity index (χ0) is 23.2. The van der Waals surface area contributed by atoms with E-state index in [0.29, 0.717) is 21.9 Å². The van der Waals surface area contributed by atoms with Gasteiger partial charge in [-0.2, -0.15) is 0 Å². The quantitative estimate of drug-likeness (QED) is 0.561. The Morgan fingerprint density at radius 3 is 2.58 bits per heavy atom. The standard InChI is InChI=1S/C24H23ClF2N4O2/c25-18-11-19(29-22(32)15-2-1-3-15)13-20(12-18)31-7-4-16-10-17(14-28-21(16)31)23(33)30-8-5-24(26,27)6-9-30/h4,7,10-15H,1-3,5-6,8-9H2,(H,29,32). The molecule has 9 heteroatoms. The molecule has 3 heterocycles. The first-order valence-electron chi connectivity index (χ1n) is 11.1. The minimum atomic E-state index is -2.70. The summed E-state index contributed by atoms with van der Waals surface area (Å²) in [5, 5.41) is 4.16. The van der Waals surface area contributed by atoms with Gasteiger partial charge in [-0.05, 0) is 43.2 Å². The fourth-order valence-corrected chi connectivity index (χ4v) is 4.50. The highest BCUT2D eigenvalue weighted by molar-refractivity contribution is 6.31. The van der Waals surface area contributed by atoms with Crippen molar-refractivity contribution in [2.24, 2.45) is 5.92 Å². The molecule has 1 aliphatic carbocycles. The Bertz CT molecular complexity index is 1230. The molecule has 172 valence electrons. The van der Waals surface area contributed by atoms with Crippen molar-refractivity contribution in [2.75, 3.05) is 18.4 Å². The summed E-state index contributed by atoms with van der Waals surface area (Å²) in [4.78, 5) is 31.0. The third-order valence-electron chi connectivity index (χ3n) is 6.46. The number of hydrogen-bond donors (Lipinski definition) is 1. The van der Waals surface area contributed by atoms with Gasteiger partial charge in [-0.15, -0.1) is 0 Å².